The third-order valence-corrected chi connectivity index (χ3v) is 3.45. The van der Waals surface area contributed by atoms with Gasteiger partial charge in [-0.25, -0.2) is 13.9 Å². The maximum atomic E-state index is 13.0. The third-order valence-electron chi connectivity index (χ3n) is 3.45. The Morgan fingerprint density at radius 3 is 2.62 bits per heavy atom. The lowest BCUT2D eigenvalue weighted by atomic mass is 9.96. The van der Waals surface area contributed by atoms with E-state index in [-0.39, 0.29) is 29.4 Å². The number of esters is 1. The summed E-state index contributed by atoms with van der Waals surface area (Å²) in [5, 5.41) is 17.7. The second kappa shape index (κ2) is 6.58. The van der Waals surface area contributed by atoms with Gasteiger partial charge < -0.3 is 14.4 Å². The van der Waals surface area contributed by atoms with Crippen molar-refractivity contribution in [3.8, 4) is 11.4 Å². The van der Waals surface area contributed by atoms with Gasteiger partial charge in [0.15, 0.2) is 18.2 Å². The Bertz CT molecular complexity index is 925. The van der Waals surface area contributed by atoms with Crippen LogP contribution in [-0.2, 0) is 16.8 Å². The molecule has 0 fully saturated rings. The summed E-state index contributed by atoms with van der Waals surface area (Å²) in [4.78, 5) is 16.3. The summed E-state index contributed by atoms with van der Waals surface area (Å²) in [6.07, 6.45) is 1.23. The fourth-order valence-corrected chi connectivity index (χ4v) is 2.05. The maximum Gasteiger partial charge on any atom is 0.363 e. The summed E-state index contributed by atoms with van der Waals surface area (Å²) < 4.78 is 24.3. The van der Waals surface area contributed by atoms with Crippen molar-refractivity contribution in [3.05, 3.63) is 53.7 Å². The van der Waals surface area contributed by atoms with Crippen molar-refractivity contribution in [1.82, 2.24) is 19.9 Å². The number of hydrogen-bond donors (Lipinski definition) is 1. The minimum Gasteiger partial charge on any atom is -0.504 e. The van der Waals surface area contributed by atoms with Gasteiger partial charge in [-0.1, -0.05) is 25.9 Å². The van der Waals surface area contributed by atoms with Gasteiger partial charge in [0.05, 0.1) is 11.9 Å². The number of halogens is 1. The Morgan fingerprint density at radius 2 is 2.00 bits per heavy atom. The lowest BCUT2D eigenvalue weighted by Gasteiger charge is -2.10. The number of hydrogen-bond acceptors (Lipinski definition) is 7. The molecule has 3 aromatic rings. The van der Waals surface area contributed by atoms with Gasteiger partial charge in [-0.3, -0.25) is 0 Å². The van der Waals surface area contributed by atoms with Crippen LogP contribution in [0.1, 0.15) is 43.0 Å². The number of aromatic hydroxyl groups is 1. The molecule has 0 amide bonds. The van der Waals surface area contributed by atoms with E-state index in [1.54, 1.807) is 0 Å². The molecule has 0 unspecified atom stereocenters. The van der Waals surface area contributed by atoms with Crippen LogP contribution >= 0.6 is 0 Å². The van der Waals surface area contributed by atoms with E-state index in [4.69, 9.17) is 9.26 Å². The van der Waals surface area contributed by atoms with Gasteiger partial charge in [0.25, 0.3) is 5.89 Å². The molecule has 8 nitrogen and oxygen atoms in total. The Kier molecular flexibility index (Phi) is 4.45. The van der Waals surface area contributed by atoms with Crippen molar-refractivity contribution in [2.45, 2.75) is 32.8 Å². The predicted octanol–water partition coefficient (Wildman–Crippen LogP) is 2.75. The molecule has 0 saturated heterocycles. The molecule has 3 rings (SSSR count). The number of carbonyl (C=O) groups excluding carboxylic acids is 1. The first-order valence-corrected chi connectivity index (χ1v) is 7.79. The van der Waals surface area contributed by atoms with E-state index in [2.05, 4.69) is 15.2 Å². The predicted molar refractivity (Wildman–Crippen MR) is 87.3 cm³/mol. The molecular formula is C17H17FN4O4. The van der Waals surface area contributed by atoms with E-state index >= 15 is 0 Å². The monoisotopic (exact) mass is 360 g/mol. The number of ether oxygens (including phenoxy) is 1. The second-order valence-corrected chi connectivity index (χ2v) is 6.62. The lowest BCUT2D eigenvalue weighted by Crippen LogP contribution is -2.13. The molecule has 26 heavy (non-hydrogen) atoms. The first-order valence-electron chi connectivity index (χ1n) is 7.79. The first kappa shape index (κ1) is 17.6. The number of benzene rings is 1. The summed E-state index contributed by atoms with van der Waals surface area (Å²) in [5.74, 6) is -0.981. The quantitative estimate of drug-likeness (QED) is 0.714. The molecule has 0 aliphatic rings. The average Bonchev–Trinajstić information content (AvgIpc) is 3.20. The van der Waals surface area contributed by atoms with Gasteiger partial charge >= 0.3 is 5.97 Å². The fourth-order valence-electron chi connectivity index (χ4n) is 2.05. The molecule has 0 bridgehead atoms. The van der Waals surface area contributed by atoms with E-state index < -0.39 is 11.8 Å². The zero-order valence-corrected chi connectivity index (χ0v) is 14.4. The highest BCUT2D eigenvalue weighted by atomic mass is 19.1. The highest BCUT2D eigenvalue weighted by Crippen LogP contribution is 2.21. The van der Waals surface area contributed by atoms with Crippen LogP contribution in [0.2, 0.25) is 0 Å². The molecule has 0 atom stereocenters. The highest BCUT2D eigenvalue weighted by Gasteiger charge is 2.23. The van der Waals surface area contributed by atoms with E-state index in [0.717, 1.165) is 0 Å². The van der Waals surface area contributed by atoms with Crippen LogP contribution in [0.15, 0.2) is 35.0 Å². The molecule has 0 radical (unpaired) electrons. The lowest BCUT2D eigenvalue weighted by molar-refractivity contribution is 0.0419. The van der Waals surface area contributed by atoms with Crippen LogP contribution in [0.5, 0.6) is 5.75 Å². The molecule has 0 spiro atoms. The van der Waals surface area contributed by atoms with E-state index in [1.807, 2.05) is 20.8 Å². The molecule has 9 heteroatoms. The van der Waals surface area contributed by atoms with Crippen molar-refractivity contribution in [2.75, 3.05) is 0 Å². The van der Waals surface area contributed by atoms with Crippen LogP contribution in [0.25, 0.3) is 5.69 Å². The summed E-state index contributed by atoms with van der Waals surface area (Å²) in [5.41, 5.74) is -0.0878. The molecule has 0 aliphatic heterocycles. The summed E-state index contributed by atoms with van der Waals surface area (Å²) in [6, 6.07) is 5.41. The molecule has 0 aliphatic carbocycles. The summed E-state index contributed by atoms with van der Waals surface area (Å²) >= 11 is 0. The van der Waals surface area contributed by atoms with Crippen LogP contribution in [0.3, 0.4) is 0 Å². The molecule has 2 aromatic heterocycles. The average molecular weight is 360 g/mol. The number of rotatable bonds is 4. The Hall–Kier alpha value is -3.23. The normalized spacial score (nSPS) is 11.5. The SMILES string of the molecule is CC(C)(C)c1noc(COC(=O)c2nn(-c3ccc(F)cc3)cc2O)n1. The zero-order chi connectivity index (χ0) is 18.9. The van der Waals surface area contributed by atoms with Gasteiger partial charge in [-0.15, -0.1) is 0 Å². The summed E-state index contributed by atoms with van der Waals surface area (Å²) in [7, 11) is 0. The molecular weight excluding hydrogens is 343 g/mol. The standard InChI is InChI=1S/C17H17FN4O4/c1-17(2,3)16-19-13(26-21-16)9-25-15(24)14-12(23)8-22(20-14)11-6-4-10(18)5-7-11/h4-8,23H,9H2,1-3H3. The smallest absolute Gasteiger partial charge is 0.363 e. The third kappa shape index (κ3) is 3.71. The van der Waals surface area contributed by atoms with Crippen LogP contribution in [-0.4, -0.2) is 31.0 Å². The second-order valence-electron chi connectivity index (χ2n) is 6.62. The molecule has 1 aromatic carbocycles. The molecule has 136 valence electrons. The van der Waals surface area contributed by atoms with Crippen LogP contribution in [0, 0.1) is 5.82 Å². The van der Waals surface area contributed by atoms with Gasteiger partial charge in [-0.2, -0.15) is 10.1 Å². The van der Waals surface area contributed by atoms with Crippen molar-refractivity contribution in [3.63, 3.8) is 0 Å². The van der Waals surface area contributed by atoms with E-state index in [0.29, 0.717) is 11.5 Å². The zero-order valence-electron chi connectivity index (χ0n) is 14.4. The topological polar surface area (TPSA) is 103 Å². The highest BCUT2D eigenvalue weighted by molar-refractivity contribution is 5.90. The number of carbonyl (C=O) groups is 1. The minimum atomic E-state index is -0.848. The van der Waals surface area contributed by atoms with Crippen molar-refractivity contribution in [1.29, 1.82) is 0 Å². The van der Waals surface area contributed by atoms with Gasteiger partial charge in [-0.05, 0) is 24.3 Å². The summed E-state index contributed by atoms with van der Waals surface area (Å²) in [6.45, 7) is 5.53. The van der Waals surface area contributed by atoms with E-state index in [1.165, 1.54) is 35.1 Å². The Balaban J connectivity index is 1.70. The molecule has 2 heterocycles. The van der Waals surface area contributed by atoms with Gasteiger partial charge in [0.1, 0.15) is 5.82 Å². The maximum absolute atomic E-state index is 13.0. The van der Waals surface area contributed by atoms with E-state index in [9.17, 15) is 14.3 Å². The first-order chi connectivity index (χ1) is 12.2. The fraction of sp³-hybridized carbons (Fsp3) is 0.294. The number of nitrogens with zero attached hydrogens (tertiary/aromatic N) is 4. The Morgan fingerprint density at radius 1 is 1.31 bits per heavy atom. The van der Waals surface area contributed by atoms with Crippen LogP contribution in [0.4, 0.5) is 4.39 Å². The minimum absolute atomic E-state index is 0.140. The van der Waals surface area contributed by atoms with Crippen LogP contribution < -0.4 is 0 Å². The van der Waals surface area contributed by atoms with Crippen molar-refractivity contribution in [2.24, 2.45) is 0 Å². The molecule has 0 saturated carbocycles. The number of aromatic nitrogens is 4. The molecule has 1 N–H and O–H groups in total. The van der Waals surface area contributed by atoms with Crippen molar-refractivity contribution < 1.29 is 23.6 Å². The van der Waals surface area contributed by atoms with Gasteiger partial charge in [0.2, 0.25) is 5.69 Å². The van der Waals surface area contributed by atoms with Crippen molar-refractivity contribution >= 4 is 5.97 Å². The largest absolute Gasteiger partial charge is 0.504 e. The Labute approximate surface area is 148 Å². The van der Waals surface area contributed by atoms with Gasteiger partial charge in [0, 0.05) is 5.41 Å².